The van der Waals surface area contributed by atoms with Gasteiger partial charge in [-0.05, 0) is 17.7 Å². The van der Waals surface area contributed by atoms with Crippen molar-refractivity contribution in [2.45, 2.75) is 32.8 Å². The summed E-state index contributed by atoms with van der Waals surface area (Å²) in [5.74, 6) is 1.17. The van der Waals surface area contributed by atoms with Crippen molar-refractivity contribution in [1.29, 1.82) is 0 Å². The molecular formula is C21H21FO2. The summed E-state index contributed by atoms with van der Waals surface area (Å²) in [5.41, 5.74) is 3.10. The van der Waals surface area contributed by atoms with Gasteiger partial charge in [-0.25, -0.2) is 4.39 Å². The maximum atomic E-state index is 13.3. The van der Waals surface area contributed by atoms with Crippen molar-refractivity contribution in [1.82, 2.24) is 0 Å². The van der Waals surface area contributed by atoms with E-state index in [0.717, 1.165) is 28.0 Å². The molecule has 1 heterocycles. The first kappa shape index (κ1) is 16.5. The van der Waals surface area contributed by atoms with Gasteiger partial charge in [-0.15, -0.1) is 0 Å². The lowest BCUT2D eigenvalue weighted by molar-refractivity contribution is 0.273. The van der Waals surface area contributed by atoms with Crippen LogP contribution in [0, 0.1) is 5.82 Å². The number of benzene rings is 2. The summed E-state index contributed by atoms with van der Waals surface area (Å²) in [7, 11) is 0. The van der Waals surface area contributed by atoms with E-state index in [-0.39, 0.29) is 17.8 Å². The van der Waals surface area contributed by atoms with E-state index in [0.29, 0.717) is 5.76 Å². The van der Waals surface area contributed by atoms with Crippen molar-refractivity contribution >= 4 is 0 Å². The molecule has 0 amide bonds. The van der Waals surface area contributed by atoms with Crippen LogP contribution in [0.2, 0.25) is 0 Å². The topological polar surface area (TPSA) is 33.4 Å². The van der Waals surface area contributed by atoms with Gasteiger partial charge in [0.1, 0.15) is 17.3 Å². The first-order chi connectivity index (χ1) is 11.4. The highest BCUT2D eigenvalue weighted by Gasteiger charge is 2.29. The fourth-order valence-corrected chi connectivity index (χ4v) is 2.94. The second-order valence-corrected chi connectivity index (χ2v) is 6.89. The molecule has 1 aromatic heterocycles. The molecule has 0 aliphatic rings. The summed E-state index contributed by atoms with van der Waals surface area (Å²) in [4.78, 5) is 0. The molecule has 2 aromatic carbocycles. The van der Waals surface area contributed by atoms with Crippen LogP contribution in [0.15, 0.2) is 59.0 Å². The Kier molecular flexibility index (Phi) is 4.29. The maximum absolute atomic E-state index is 13.3. The van der Waals surface area contributed by atoms with Crippen LogP contribution < -0.4 is 0 Å². The van der Waals surface area contributed by atoms with Crippen LogP contribution in [0.25, 0.3) is 22.5 Å². The van der Waals surface area contributed by atoms with Crippen molar-refractivity contribution in [2.75, 3.05) is 0 Å². The van der Waals surface area contributed by atoms with Gasteiger partial charge in [0.05, 0.1) is 6.61 Å². The normalized spacial score (nSPS) is 11.7. The molecule has 3 rings (SSSR count). The van der Waals surface area contributed by atoms with E-state index in [2.05, 4.69) is 0 Å². The van der Waals surface area contributed by atoms with Crippen molar-refractivity contribution in [3.8, 4) is 22.5 Å². The van der Waals surface area contributed by atoms with Gasteiger partial charge >= 0.3 is 0 Å². The summed E-state index contributed by atoms with van der Waals surface area (Å²) >= 11 is 0. The zero-order valence-corrected chi connectivity index (χ0v) is 14.1. The van der Waals surface area contributed by atoms with E-state index in [1.165, 1.54) is 12.1 Å². The first-order valence-electron chi connectivity index (χ1n) is 8.00. The fraction of sp³-hybridized carbons (Fsp3) is 0.238. The summed E-state index contributed by atoms with van der Waals surface area (Å²) in [6.07, 6.45) is 0. The number of furan rings is 1. The predicted molar refractivity (Wildman–Crippen MR) is 94.2 cm³/mol. The molecule has 3 heteroatoms. The molecule has 0 unspecified atom stereocenters. The molecule has 0 saturated carbocycles. The number of hydrogen-bond donors (Lipinski definition) is 1. The molecule has 0 saturated heterocycles. The molecule has 0 atom stereocenters. The van der Waals surface area contributed by atoms with Crippen LogP contribution in [0.5, 0.6) is 0 Å². The fourth-order valence-electron chi connectivity index (χ4n) is 2.94. The van der Waals surface area contributed by atoms with Crippen molar-refractivity contribution < 1.29 is 13.9 Å². The monoisotopic (exact) mass is 324 g/mol. The van der Waals surface area contributed by atoms with E-state index >= 15 is 0 Å². The first-order valence-corrected chi connectivity index (χ1v) is 8.00. The van der Waals surface area contributed by atoms with Gasteiger partial charge in [0.15, 0.2) is 0 Å². The summed E-state index contributed by atoms with van der Waals surface area (Å²) in [5, 5.41) is 10.0. The standard InChI is InChI=1S/C21H21FO2/c1-21(2,3)20-17(13-23)18(14-9-11-16(22)12-10-14)19(24-20)15-7-5-4-6-8-15/h4-12,23H,13H2,1-3H3. The van der Waals surface area contributed by atoms with Gasteiger partial charge in [0.25, 0.3) is 0 Å². The predicted octanol–water partition coefficient (Wildman–Crippen LogP) is 5.54. The third kappa shape index (κ3) is 3.00. The average Bonchev–Trinajstić information content (AvgIpc) is 2.96. The number of hydrogen-bond acceptors (Lipinski definition) is 2. The SMILES string of the molecule is CC(C)(C)c1oc(-c2ccccc2)c(-c2ccc(F)cc2)c1CO. The Balaban J connectivity index is 2.31. The Morgan fingerprint density at radius 1 is 0.917 bits per heavy atom. The maximum Gasteiger partial charge on any atom is 0.142 e. The second kappa shape index (κ2) is 6.25. The Hall–Kier alpha value is -2.39. The van der Waals surface area contributed by atoms with E-state index in [9.17, 15) is 9.50 Å². The highest BCUT2D eigenvalue weighted by atomic mass is 19.1. The average molecular weight is 324 g/mol. The minimum atomic E-state index is -0.287. The molecule has 1 N–H and O–H groups in total. The van der Waals surface area contributed by atoms with E-state index in [1.54, 1.807) is 12.1 Å². The Labute approximate surface area is 141 Å². The van der Waals surface area contributed by atoms with Crippen molar-refractivity contribution in [2.24, 2.45) is 0 Å². The van der Waals surface area contributed by atoms with E-state index in [4.69, 9.17) is 4.42 Å². The van der Waals surface area contributed by atoms with Gasteiger partial charge in [0, 0.05) is 22.1 Å². The molecule has 0 aliphatic heterocycles. The van der Waals surface area contributed by atoms with Gasteiger partial charge in [-0.3, -0.25) is 0 Å². The zero-order chi connectivity index (χ0) is 17.3. The third-order valence-corrected chi connectivity index (χ3v) is 4.02. The smallest absolute Gasteiger partial charge is 0.142 e. The number of halogens is 1. The molecule has 0 fully saturated rings. The number of rotatable bonds is 3. The third-order valence-electron chi connectivity index (χ3n) is 4.02. The minimum Gasteiger partial charge on any atom is -0.459 e. The summed E-state index contributed by atoms with van der Waals surface area (Å²) in [6, 6.07) is 16.1. The lowest BCUT2D eigenvalue weighted by Crippen LogP contribution is -2.12. The lowest BCUT2D eigenvalue weighted by atomic mass is 9.88. The molecule has 3 aromatic rings. The molecule has 0 spiro atoms. The summed E-state index contributed by atoms with van der Waals surface area (Å²) < 4.78 is 19.5. The Bertz CT molecular complexity index is 825. The minimum absolute atomic E-state index is 0.129. The molecule has 0 aliphatic carbocycles. The highest BCUT2D eigenvalue weighted by molar-refractivity contribution is 5.83. The lowest BCUT2D eigenvalue weighted by Gasteiger charge is -2.17. The van der Waals surface area contributed by atoms with Crippen LogP contribution in [0.3, 0.4) is 0 Å². The largest absolute Gasteiger partial charge is 0.459 e. The van der Waals surface area contributed by atoms with E-state index in [1.807, 2.05) is 51.1 Å². The second-order valence-electron chi connectivity index (χ2n) is 6.89. The van der Waals surface area contributed by atoms with Gasteiger partial charge < -0.3 is 9.52 Å². The Morgan fingerprint density at radius 2 is 1.54 bits per heavy atom. The molecule has 0 bridgehead atoms. The van der Waals surface area contributed by atoms with Crippen LogP contribution in [-0.2, 0) is 12.0 Å². The zero-order valence-electron chi connectivity index (χ0n) is 14.1. The molecule has 0 radical (unpaired) electrons. The number of aliphatic hydroxyl groups is 1. The Morgan fingerprint density at radius 3 is 2.08 bits per heavy atom. The van der Waals surface area contributed by atoms with Gasteiger partial charge in [0.2, 0.25) is 0 Å². The van der Waals surface area contributed by atoms with Gasteiger partial charge in [-0.2, -0.15) is 0 Å². The van der Waals surface area contributed by atoms with Crippen molar-refractivity contribution in [3.63, 3.8) is 0 Å². The summed E-state index contributed by atoms with van der Waals surface area (Å²) in [6.45, 7) is 6.02. The molecule has 2 nitrogen and oxygen atoms in total. The van der Waals surface area contributed by atoms with Crippen LogP contribution in [0.4, 0.5) is 4.39 Å². The highest BCUT2D eigenvalue weighted by Crippen LogP contribution is 2.43. The number of aliphatic hydroxyl groups excluding tert-OH is 1. The quantitative estimate of drug-likeness (QED) is 0.686. The van der Waals surface area contributed by atoms with Gasteiger partial charge in [-0.1, -0.05) is 63.2 Å². The van der Waals surface area contributed by atoms with Crippen LogP contribution in [-0.4, -0.2) is 5.11 Å². The molecular weight excluding hydrogens is 303 g/mol. The van der Waals surface area contributed by atoms with E-state index < -0.39 is 0 Å². The van der Waals surface area contributed by atoms with Crippen LogP contribution in [0.1, 0.15) is 32.1 Å². The molecule has 124 valence electrons. The van der Waals surface area contributed by atoms with Crippen molar-refractivity contribution in [3.05, 3.63) is 71.7 Å². The van der Waals surface area contributed by atoms with Crippen LogP contribution >= 0.6 is 0 Å². The molecule has 24 heavy (non-hydrogen) atoms.